The highest BCUT2D eigenvalue weighted by Crippen LogP contribution is 2.22. The molecule has 0 radical (unpaired) electrons. The van der Waals surface area contributed by atoms with Gasteiger partial charge >= 0.3 is 0 Å². The average Bonchev–Trinajstić information content (AvgIpc) is 2.82. The monoisotopic (exact) mass is 332 g/mol. The first-order chi connectivity index (χ1) is 9.92. The third kappa shape index (κ3) is 4.05. The molecule has 7 nitrogen and oxygen atoms in total. The van der Waals surface area contributed by atoms with E-state index in [4.69, 9.17) is 11.6 Å². The molecule has 1 aliphatic rings. The number of nitrogens with zero attached hydrogens (tertiary/aromatic N) is 1. The summed E-state index contributed by atoms with van der Waals surface area (Å²) in [5.74, 6) is 0.285. The van der Waals surface area contributed by atoms with Crippen molar-refractivity contribution in [2.75, 3.05) is 18.4 Å². The summed E-state index contributed by atoms with van der Waals surface area (Å²) in [6.07, 6.45) is 2.29. The highest BCUT2D eigenvalue weighted by molar-refractivity contribution is 7.89. The van der Waals surface area contributed by atoms with Gasteiger partial charge in [-0.2, -0.15) is 0 Å². The molecule has 1 saturated heterocycles. The van der Waals surface area contributed by atoms with Crippen LogP contribution in [0.25, 0.3) is 0 Å². The van der Waals surface area contributed by atoms with E-state index >= 15 is 0 Å². The molecule has 2 heterocycles. The van der Waals surface area contributed by atoms with Crippen molar-refractivity contribution in [2.24, 2.45) is 0 Å². The number of sulfonamides is 1. The van der Waals surface area contributed by atoms with Crippen molar-refractivity contribution < 1.29 is 13.2 Å². The SMILES string of the molecule is CCCNc1ncc(S(=O)(=O)NC2CNC(=O)C2)cc1Cl. The maximum atomic E-state index is 12.2. The third-order valence-electron chi connectivity index (χ3n) is 2.97. The zero-order valence-corrected chi connectivity index (χ0v) is 13.1. The maximum Gasteiger partial charge on any atom is 0.242 e. The Morgan fingerprint density at radius 2 is 2.29 bits per heavy atom. The van der Waals surface area contributed by atoms with Gasteiger partial charge in [0.15, 0.2) is 0 Å². The largest absolute Gasteiger partial charge is 0.369 e. The van der Waals surface area contributed by atoms with Gasteiger partial charge in [0.25, 0.3) is 0 Å². The van der Waals surface area contributed by atoms with E-state index in [9.17, 15) is 13.2 Å². The van der Waals surface area contributed by atoms with Gasteiger partial charge in [0.05, 0.1) is 5.02 Å². The molecular weight excluding hydrogens is 316 g/mol. The Morgan fingerprint density at radius 3 is 2.86 bits per heavy atom. The van der Waals surface area contributed by atoms with Crippen molar-refractivity contribution in [1.82, 2.24) is 15.0 Å². The number of nitrogens with one attached hydrogen (secondary N) is 3. The number of rotatable bonds is 6. The number of pyridine rings is 1. The molecule has 0 bridgehead atoms. The lowest BCUT2D eigenvalue weighted by atomic mass is 10.3. The highest BCUT2D eigenvalue weighted by Gasteiger charge is 2.27. The van der Waals surface area contributed by atoms with E-state index in [0.717, 1.165) is 6.42 Å². The van der Waals surface area contributed by atoms with Crippen LogP contribution in [0.2, 0.25) is 5.02 Å². The fourth-order valence-corrected chi connectivity index (χ4v) is 3.42. The topological polar surface area (TPSA) is 100 Å². The van der Waals surface area contributed by atoms with E-state index in [-0.39, 0.29) is 28.8 Å². The zero-order chi connectivity index (χ0) is 15.5. The summed E-state index contributed by atoms with van der Waals surface area (Å²) < 4.78 is 26.9. The smallest absolute Gasteiger partial charge is 0.242 e. The van der Waals surface area contributed by atoms with Gasteiger partial charge in [-0.25, -0.2) is 18.1 Å². The van der Waals surface area contributed by atoms with Gasteiger partial charge in [0.2, 0.25) is 15.9 Å². The van der Waals surface area contributed by atoms with Crippen LogP contribution in [0, 0.1) is 0 Å². The molecule has 116 valence electrons. The number of carbonyl (C=O) groups excluding carboxylic acids is 1. The predicted octanol–water partition coefficient (Wildman–Crippen LogP) is 0.724. The second kappa shape index (κ2) is 6.59. The summed E-state index contributed by atoms with van der Waals surface area (Å²) in [5.41, 5.74) is 0. The lowest BCUT2D eigenvalue weighted by Gasteiger charge is -2.12. The molecule has 1 aromatic rings. The van der Waals surface area contributed by atoms with E-state index in [1.54, 1.807) is 0 Å². The van der Waals surface area contributed by atoms with Gasteiger partial charge in [0, 0.05) is 31.7 Å². The molecule has 1 aliphatic heterocycles. The Kier molecular flexibility index (Phi) is 5.02. The van der Waals surface area contributed by atoms with Gasteiger partial charge in [-0.3, -0.25) is 4.79 Å². The minimum Gasteiger partial charge on any atom is -0.369 e. The maximum absolute atomic E-state index is 12.2. The van der Waals surface area contributed by atoms with Gasteiger partial charge in [-0.05, 0) is 12.5 Å². The lowest BCUT2D eigenvalue weighted by Crippen LogP contribution is -2.36. The van der Waals surface area contributed by atoms with Gasteiger partial charge in [0.1, 0.15) is 10.7 Å². The summed E-state index contributed by atoms with van der Waals surface area (Å²) in [4.78, 5) is 15.1. The molecule has 0 aliphatic carbocycles. The molecule has 0 aromatic carbocycles. The molecule has 1 fully saturated rings. The van der Waals surface area contributed by atoms with Gasteiger partial charge < -0.3 is 10.6 Å². The Labute approximate surface area is 128 Å². The number of amides is 1. The summed E-state index contributed by atoms with van der Waals surface area (Å²) in [6.45, 7) is 2.99. The molecule has 3 N–H and O–H groups in total. The summed E-state index contributed by atoms with van der Waals surface area (Å²) >= 11 is 6.03. The van der Waals surface area contributed by atoms with Crippen LogP contribution in [0.4, 0.5) is 5.82 Å². The first kappa shape index (κ1) is 16.0. The van der Waals surface area contributed by atoms with Crippen molar-refractivity contribution in [1.29, 1.82) is 0 Å². The number of halogens is 1. The van der Waals surface area contributed by atoms with Crippen molar-refractivity contribution in [3.63, 3.8) is 0 Å². The molecule has 1 amide bonds. The molecule has 0 spiro atoms. The van der Waals surface area contributed by atoms with Crippen LogP contribution in [0.15, 0.2) is 17.2 Å². The number of anilines is 1. The molecule has 1 unspecified atom stereocenters. The van der Waals surface area contributed by atoms with Crippen molar-refractivity contribution >= 4 is 33.3 Å². The van der Waals surface area contributed by atoms with Crippen molar-refractivity contribution in [2.45, 2.75) is 30.7 Å². The Balaban J connectivity index is 2.12. The van der Waals surface area contributed by atoms with Crippen molar-refractivity contribution in [3.05, 3.63) is 17.3 Å². The van der Waals surface area contributed by atoms with E-state index in [1.165, 1.54) is 12.3 Å². The van der Waals surface area contributed by atoms with Crippen LogP contribution in [0.1, 0.15) is 19.8 Å². The normalized spacial score (nSPS) is 18.6. The van der Waals surface area contributed by atoms with Crippen molar-refractivity contribution in [3.8, 4) is 0 Å². The predicted molar refractivity (Wildman–Crippen MR) is 79.8 cm³/mol. The Morgan fingerprint density at radius 1 is 1.52 bits per heavy atom. The fraction of sp³-hybridized carbons (Fsp3) is 0.500. The third-order valence-corrected chi connectivity index (χ3v) is 4.74. The van der Waals surface area contributed by atoms with Crippen LogP contribution < -0.4 is 15.4 Å². The Hall–Kier alpha value is -1.38. The van der Waals surface area contributed by atoms with Gasteiger partial charge in [-0.1, -0.05) is 18.5 Å². The molecule has 1 atom stereocenters. The van der Waals surface area contributed by atoms with E-state index < -0.39 is 16.1 Å². The summed E-state index contributed by atoms with van der Waals surface area (Å²) in [7, 11) is -3.74. The second-order valence-electron chi connectivity index (χ2n) is 4.75. The minimum atomic E-state index is -3.74. The molecule has 9 heteroatoms. The number of carbonyl (C=O) groups is 1. The molecule has 2 rings (SSSR count). The van der Waals surface area contributed by atoms with Crippen LogP contribution in [0.5, 0.6) is 0 Å². The minimum absolute atomic E-state index is 0.0195. The molecular formula is C12H17ClN4O3S. The van der Waals surface area contributed by atoms with Crippen LogP contribution in [0.3, 0.4) is 0 Å². The Bertz CT molecular complexity index is 635. The standard InChI is InChI=1S/C12H17ClN4O3S/c1-2-3-14-12-10(13)5-9(7-16-12)21(19,20)17-8-4-11(18)15-6-8/h5,7-8,17H,2-4,6H2,1H3,(H,14,16)(H,15,18). The molecule has 0 saturated carbocycles. The van der Waals surface area contributed by atoms with E-state index in [1.807, 2.05) is 6.92 Å². The number of hydrogen-bond acceptors (Lipinski definition) is 5. The lowest BCUT2D eigenvalue weighted by molar-refractivity contribution is -0.119. The first-order valence-corrected chi connectivity index (χ1v) is 8.47. The summed E-state index contributed by atoms with van der Waals surface area (Å²) in [5, 5.41) is 5.82. The van der Waals surface area contributed by atoms with Crippen LogP contribution in [-0.4, -0.2) is 38.4 Å². The zero-order valence-electron chi connectivity index (χ0n) is 11.5. The molecule has 21 heavy (non-hydrogen) atoms. The molecule has 1 aromatic heterocycles. The van der Waals surface area contributed by atoms with Crippen LogP contribution >= 0.6 is 11.6 Å². The van der Waals surface area contributed by atoms with E-state index in [0.29, 0.717) is 12.4 Å². The average molecular weight is 333 g/mol. The highest BCUT2D eigenvalue weighted by atomic mass is 35.5. The number of hydrogen-bond donors (Lipinski definition) is 3. The first-order valence-electron chi connectivity index (χ1n) is 6.61. The summed E-state index contributed by atoms with van der Waals surface area (Å²) in [6, 6.07) is 0.901. The van der Waals surface area contributed by atoms with E-state index in [2.05, 4.69) is 20.3 Å². The number of aromatic nitrogens is 1. The fourth-order valence-electron chi connectivity index (χ4n) is 1.92. The second-order valence-corrected chi connectivity index (χ2v) is 6.88. The van der Waals surface area contributed by atoms with Crippen LogP contribution in [-0.2, 0) is 14.8 Å². The quantitative estimate of drug-likeness (QED) is 0.713. The van der Waals surface area contributed by atoms with Gasteiger partial charge in [-0.15, -0.1) is 0 Å².